The minimum atomic E-state index is 0.629. The second-order valence-corrected chi connectivity index (χ2v) is 6.86. The van der Waals surface area contributed by atoms with Gasteiger partial charge in [0.25, 0.3) is 0 Å². The molecular weight excluding hydrogens is 294 g/mol. The third-order valence-corrected chi connectivity index (χ3v) is 4.86. The van der Waals surface area contributed by atoms with E-state index in [1.165, 1.54) is 23.1 Å². The van der Waals surface area contributed by atoms with Gasteiger partial charge in [0.1, 0.15) is 5.82 Å². The van der Waals surface area contributed by atoms with Gasteiger partial charge < -0.3 is 4.90 Å². The summed E-state index contributed by atoms with van der Waals surface area (Å²) in [7, 11) is 6.32. The van der Waals surface area contributed by atoms with E-state index in [4.69, 9.17) is 0 Å². The Morgan fingerprint density at radius 2 is 1.88 bits per heavy atom. The van der Waals surface area contributed by atoms with Crippen LogP contribution in [0, 0.1) is 0 Å². The van der Waals surface area contributed by atoms with Crippen molar-refractivity contribution in [3.63, 3.8) is 0 Å². The van der Waals surface area contributed by atoms with E-state index in [1.807, 2.05) is 20.3 Å². The predicted octanol–water partition coefficient (Wildman–Crippen LogP) is 4.22. The molecule has 0 aliphatic heterocycles. The lowest BCUT2D eigenvalue weighted by molar-refractivity contribution is 0.221. The average molecular weight is 321 g/mol. The van der Waals surface area contributed by atoms with Crippen molar-refractivity contribution < 1.29 is 0 Å². The van der Waals surface area contributed by atoms with Gasteiger partial charge in [0, 0.05) is 32.9 Å². The fourth-order valence-electron chi connectivity index (χ4n) is 3.35. The monoisotopic (exact) mass is 321 g/mol. The van der Waals surface area contributed by atoms with Crippen LogP contribution in [0.4, 0.5) is 5.82 Å². The van der Waals surface area contributed by atoms with E-state index in [-0.39, 0.29) is 0 Å². The van der Waals surface area contributed by atoms with Crippen molar-refractivity contribution in [2.75, 3.05) is 26.0 Å². The molecular formula is C21H27N3. The van der Waals surface area contributed by atoms with E-state index in [0.29, 0.717) is 6.04 Å². The third kappa shape index (κ3) is 4.04. The molecule has 0 radical (unpaired) electrons. The van der Waals surface area contributed by atoms with Crippen LogP contribution in [-0.4, -0.2) is 37.1 Å². The van der Waals surface area contributed by atoms with E-state index in [9.17, 15) is 0 Å². The second kappa shape index (κ2) is 7.63. The molecule has 3 rings (SSSR count). The zero-order chi connectivity index (χ0) is 16.9. The van der Waals surface area contributed by atoms with Crippen LogP contribution in [0.2, 0.25) is 0 Å². The highest BCUT2D eigenvalue weighted by molar-refractivity contribution is 5.68. The average Bonchev–Trinajstić information content (AvgIpc) is 2.63. The number of rotatable bonds is 5. The fraction of sp³-hybridized carbons (Fsp3) is 0.381. The number of benzene rings is 1. The zero-order valence-electron chi connectivity index (χ0n) is 14.9. The Hall–Kier alpha value is -2.13. The number of anilines is 1. The van der Waals surface area contributed by atoms with Crippen molar-refractivity contribution in [1.82, 2.24) is 9.88 Å². The molecule has 1 heterocycles. The van der Waals surface area contributed by atoms with Gasteiger partial charge in [0.15, 0.2) is 0 Å². The van der Waals surface area contributed by atoms with E-state index < -0.39 is 0 Å². The standard InChI is InChI=1S/C21H27N3/c1-23(2)21-15-19(13-14-22-21)18-9-11-20(12-10-18)24(3)16-17-7-5-4-6-8-17/h4-9,13-15,20H,10-12,16H2,1-3H3. The van der Waals surface area contributed by atoms with Gasteiger partial charge in [-0.25, -0.2) is 4.98 Å². The second-order valence-electron chi connectivity index (χ2n) is 6.86. The summed E-state index contributed by atoms with van der Waals surface area (Å²) in [5.74, 6) is 1.02. The molecule has 1 atom stereocenters. The normalized spacial score (nSPS) is 17.7. The molecule has 1 aliphatic rings. The molecule has 0 saturated carbocycles. The van der Waals surface area contributed by atoms with Crippen LogP contribution in [0.5, 0.6) is 0 Å². The summed E-state index contributed by atoms with van der Waals surface area (Å²) in [6.45, 7) is 1.02. The number of pyridine rings is 1. The molecule has 3 nitrogen and oxygen atoms in total. The maximum absolute atomic E-state index is 4.41. The number of hydrogen-bond acceptors (Lipinski definition) is 3. The molecule has 1 aliphatic carbocycles. The van der Waals surface area contributed by atoms with Crippen LogP contribution in [0.15, 0.2) is 54.7 Å². The quantitative estimate of drug-likeness (QED) is 0.822. The van der Waals surface area contributed by atoms with Gasteiger partial charge >= 0.3 is 0 Å². The maximum atomic E-state index is 4.41. The number of aromatic nitrogens is 1. The lowest BCUT2D eigenvalue weighted by Crippen LogP contribution is -2.32. The summed E-state index contributed by atoms with van der Waals surface area (Å²) in [6, 6.07) is 15.7. The molecule has 0 amide bonds. The van der Waals surface area contributed by atoms with Crippen molar-refractivity contribution in [2.45, 2.75) is 31.8 Å². The summed E-state index contributed by atoms with van der Waals surface area (Å²) in [6.07, 6.45) is 7.82. The fourth-order valence-corrected chi connectivity index (χ4v) is 3.35. The van der Waals surface area contributed by atoms with Crippen molar-refractivity contribution in [3.8, 4) is 0 Å². The van der Waals surface area contributed by atoms with Crippen LogP contribution in [0.1, 0.15) is 30.4 Å². The number of allylic oxidation sites excluding steroid dienone is 1. The first-order valence-corrected chi connectivity index (χ1v) is 8.70. The van der Waals surface area contributed by atoms with E-state index in [1.54, 1.807) is 0 Å². The molecule has 0 saturated heterocycles. The topological polar surface area (TPSA) is 19.4 Å². The third-order valence-electron chi connectivity index (χ3n) is 4.86. The molecule has 126 valence electrons. The van der Waals surface area contributed by atoms with Gasteiger partial charge in [-0.1, -0.05) is 36.4 Å². The zero-order valence-corrected chi connectivity index (χ0v) is 14.9. The molecule has 24 heavy (non-hydrogen) atoms. The van der Waals surface area contributed by atoms with Crippen LogP contribution in [0.3, 0.4) is 0 Å². The molecule has 0 fully saturated rings. The Morgan fingerprint density at radius 3 is 2.54 bits per heavy atom. The Bertz CT molecular complexity index is 691. The summed E-state index contributed by atoms with van der Waals surface area (Å²) in [5.41, 5.74) is 4.17. The number of hydrogen-bond donors (Lipinski definition) is 0. The minimum absolute atomic E-state index is 0.629. The Labute approximate surface area is 145 Å². The molecule has 1 aromatic carbocycles. The highest BCUT2D eigenvalue weighted by Crippen LogP contribution is 2.30. The van der Waals surface area contributed by atoms with E-state index in [2.05, 4.69) is 70.4 Å². The van der Waals surface area contributed by atoms with Crippen LogP contribution >= 0.6 is 0 Å². The first-order valence-electron chi connectivity index (χ1n) is 8.70. The van der Waals surface area contributed by atoms with Gasteiger partial charge in [0.05, 0.1) is 0 Å². The summed E-state index contributed by atoms with van der Waals surface area (Å²) >= 11 is 0. The van der Waals surface area contributed by atoms with E-state index in [0.717, 1.165) is 25.2 Å². The molecule has 1 aromatic heterocycles. The molecule has 2 aromatic rings. The first kappa shape index (κ1) is 16.7. The van der Waals surface area contributed by atoms with Crippen molar-refractivity contribution in [3.05, 3.63) is 65.9 Å². The predicted molar refractivity (Wildman–Crippen MR) is 102 cm³/mol. The number of nitrogens with zero attached hydrogens (tertiary/aromatic N) is 3. The SMILES string of the molecule is CN(C)c1cc(C2=CCC(N(C)Cc3ccccc3)CC2)ccn1. The largest absolute Gasteiger partial charge is 0.363 e. The lowest BCUT2D eigenvalue weighted by atomic mass is 9.90. The smallest absolute Gasteiger partial charge is 0.128 e. The van der Waals surface area contributed by atoms with Gasteiger partial charge in [-0.15, -0.1) is 0 Å². The maximum Gasteiger partial charge on any atom is 0.128 e. The van der Waals surface area contributed by atoms with Crippen molar-refractivity contribution >= 4 is 11.4 Å². The minimum Gasteiger partial charge on any atom is -0.363 e. The van der Waals surface area contributed by atoms with Crippen LogP contribution in [-0.2, 0) is 6.54 Å². The van der Waals surface area contributed by atoms with E-state index >= 15 is 0 Å². The molecule has 0 spiro atoms. The Kier molecular flexibility index (Phi) is 5.31. The van der Waals surface area contributed by atoms with Gasteiger partial charge in [0.2, 0.25) is 0 Å². The lowest BCUT2D eigenvalue weighted by Gasteiger charge is -2.31. The Morgan fingerprint density at radius 1 is 1.08 bits per heavy atom. The first-order chi connectivity index (χ1) is 11.6. The molecule has 0 bridgehead atoms. The summed E-state index contributed by atoms with van der Waals surface area (Å²) < 4.78 is 0. The van der Waals surface area contributed by atoms with Crippen molar-refractivity contribution in [1.29, 1.82) is 0 Å². The van der Waals surface area contributed by atoms with Crippen LogP contribution < -0.4 is 4.90 Å². The van der Waals surface area contributed by atoms with Gasteiger partial charge in [-0.2, -0.15) is 0 Å². The highest BCUT2D eigenvalue weighted by atomic mass is 15.1. The van der Waals surface area contributed by atoms with Crippen LogP contribution in [0.25, 0.3) is 5.57 Å². The molecule has 3 heteroatoms. The molecule has 1 unspecified atom stereocenters. The molecule has 0 N–H and O–H groups in total. The van der Waals surface area contributed by atoms with Gasteiger partial charge in [-0.3, -0.25) is 4.90 Å². The highest BCUT2D eigenvalue weighted by Gasteiger charge is 2.19. The van der Waals surface area contributed by atoms with Crippen molar-refractivity contribution in [2.24, 2.45) is 0 Å². The summed E-state index contributed by atoms with van der Waals surface area (Å²) in [5, 5.41) is 0. The Balaban J connectivity index is 1.64. The van der Waals surface area contributed by atoms with Gasteiger partial charge in [-0.05, 0) is 55.1 Å². The summed E-state index contributed by atoms with van der Waals surface area (Å²) in [4.78, 5) is 8.96.